The predicted octanol–water partition coefficient (Wildman–Crippen LogP) is 3.41. The molecule has 3 rings (SSSR count). The molecule has 2 aromatic rings. The molecule has 0 spiro atoms. The summed E-state index contributed by atoms with van der Waals surface area (Å²) in [5.74, 6) is -1.19. The molecule has 1 aromatic carbocycles. The zero-order valence-electron chi connectivity index (χ0n) is 13.5. The van der Waals surface area contributed by atoms with Crippen LogP contribution in [0.5, 0.6) is 0 Å². The van der Waals surface area contributed by atoms with Crippen LogP contribution in [-0.2, 0) is 9.53 Å². The highest BCUT2D eigenvalue weighted by molar-refractivity contribution is 6.31. The van der Waals surface area contributed by atoms with E-state index in [4.69, 9.17) is 22.1 Å². The molecule has 0 saturated heterocycles. The Morgan fingerprint density at radius 3 is 2.88 bits per heavy atom. The highest BCUT2D eigenvalue weighted by Crippen LogP contribution is 2.38. The molecule has 0 fully saturated rings. The van der Waals surface area contributed by atoms with Crippen molar-refractivity contribution in [2.75, 3.05) is 12.3 Å². The zero-order valence-corrected chi connectivity index (χ0v) is 14.3. The van der Waals surface area contributed by atoms with Gasteiger partial charge in [0, 0.05) is 29.4 Å². The molecule has 0 radical (unpaired) electrons. The van der Waals surface area contributed by atoms with Gasteiger partial charge in [0.15, 0.2) is 5.82 Å². The molecular weight excluding hydrogens is 347 g/mol. The molecule has 1 unspecified atom stereocenters. The van der Waals surface area contributed by atoms with Gasteiger partial charge in [0.05, 0.1) is 11.6 Å². The molecule has 0 saturated carbocycles. The van der Waals surface area contributed by atoms with E-state index in [1.54, 1.807) is 13.0 Å². The van der Waals surface area contributed by atoms with Crippen molar-refractivity contribution in [2.24, 2.45) is 0 Å². The van der Waals surface area contributed by atoms with E-state index in [1.807, 2.05) is 0 Å². The van der Waals surface area contributed by atoms with Crippen molar-refractivity contribution >= 4 is 28.8 Å². The first-order valence-corrected chi connectivity index (χ1v) is 8.08. The van der Waals surface area contributed by atoms with Crippen molar-refractivity contribution in [3.05, 3.63) is 57.7 Å². The summed E-state index contributed by atoms with van der Waals surface area (Å²) in [6.07, 6.45) is 0.269. The van der Waals surface area contributed by atoms with Crippen LogP contribution >= 0.6 is 11.6 Å². The van der Waals surface area contributed by atoms with Crippen LogP contribution < -0.4 is 11.3 Å². The number of ether oxygens (including phenoxy) is 1. The third-order valence-electron chi connectivity index (χ3n) is 4.16. The van der Waals surface area contributed by atoms with Crippen LogP contribution in [-0.4, -0.2) is 17.1 Å². The highest BCUT2D eigenvalue weighted by Gasteiger charge is 2.33. The van der Waals surface area contributed by atoms with Gasteiger partial charge in [0.1, 0.15) is 6.04 Å². The third kappa shape index (κ3) is 2.82. The first kappa shape index (κ1) is 17.2. The van der Waals surface area contributed by atoms with Gasteiger partial charge in [-0.15, -0.1) is 0 Å². The monoisotopic (exact) mass is 362 g/mol. The van der Waals surface area contributed by atoms with E-state index >= 15 is 0 Å². The zero-order chi connectivity index (χ0) is 18.3. The third-order valence-corrected chi connectivity index (χ3v) is 4.45. The molecule has 0 aliphatic carbocycles. The topological polar surface area (TPSA) is 74.3 Å². The Morgan fingerprint density at radius 1 is 1.48 bits per heavy atom. The Labute approximate surface area is 148 Å². The van der Waals surface area contributed by atoms with Gasteiger partial charge in [0.25, 0.3) is 5.56 Å². The fourth-order valence-corrected chi connectivity index (χ4v) is 3.19. The van der Waals surface area contributed by atoms with Gasteiger partial charge in [-0.3, -0.25) is 9.36 Å². The normalized spacial score (nSPS) is 16.0. The Hall–Kier alpha value is -2.60. The van der Waals surface area contributed by atoms with Crippen LogP contribution in [0.4, 0.5) is 10.1 Å². The summed E-state index contributed by atoms with van der Waals surface area (Å²) in [6.45, 7) is 5.82. The average Bonchev–Trinajstić information content (AvgIpc) is 2.89. The molecule has 7 heteroatoms. The number of carbonyl (C=O) groups is 1. The Bertz CT molecular complexity index is 952. The van der Waals surface area contributed by atoms with Gasteiger partial charge in [0.2, 0.25) is 0 Å². The second-order valence-electron chi connectivity index (χ2n) is 5.74. The van der Waals surface area contributed by atoms with Crippen LogP contribution in [0.15, 0.2) is 35.6 Å². The molecule has 1 atom stereocenters. The van der Waals surface area contributed by atoms with Gasteiger partial charge in [-0.2, -0.15) is 0 Å². The minimum atomic E-state index is -0.759. The number of esters is 1. The number of rotatable bonds is 3. The fourth-order valence-electron chi connectivity index (χ4n) is 3.03. The van der Waals surface area contributed by atoms with E-state index in [1.165, 1.54) is 22.8 Å². The maximum Gasteiger partial charge on any atom is 0.329 e. The van der Waals surface area contributed by atoms with Crippen LogP contribution in [0, 0.1) is 5.82 Å². The Balaban J connectivity index is 2.18. The summed E-state index contributed by atoms with van der Waals surface area (Å²) in [4.78, 5) is 24.7. The Kier molecular flexibility index (Phi) is 4.39. The molecule has 1 aliphatic rings. The number of allylic oxidation sites excluding steroid dienone is 1. The number of benzene rings is 1. The lowest BCUT2D eigenvalue weighted by molar-refractivity contribution is -0.146. The standard InChI is InChI=1S/C18H16ClFN2O3/c1-3-25-18(24)14-6-9(2)13-7-10(8-15(23)22(13)14)16-12(21)5-4-11(19)17(16)20/h4-5,7-8,14H,2-3,6,21H2,1H3. The van der Waals surface area contributed by atoms with Crippen molar-refractivity contribution in [1.29, 1.82) is 0 Å². The van der Waals surface area contributed by atoms with Crippen LogP contribution in [0.3, 0.4) is 0 Å². The lowest BCUT2D eigenvalue weighted by Gasteiger charge is -2.14. The first-order chi connectivity index (χ1) is 11.8. The first-order valence-electron chi connectivity index (χ1n) is 7.70. The summed E-state index contributed by atoms with van der Waals surface area (Å²) < 4.78 is 20.8. The van der Waals surface area contributed by atoms with Gasteiger partial charge < -0.3 is 10.5 Å². The quantitative estimate of drug-likeness (QED) is 0.670. The fraction of sp³-hybridized carbons (Fsp3) is 0.222. The predicted molar refractivity (Wildman–Crippen MR) is 94.8 cm³/mol. The number of fused-ring (bicyclic) bond motifs is 1. The van der Waals surface area contributed by atoms with Crippen molar-refractivity contribution in [3.63, 3.8) is 0 Å². The summed E-state index contributed by atoms with van der Waals surface area (Å²) >= 11 is 5.83. The van der Waals surface area contributed by atoms with Crippen LogP contribution in [0.1, 0.15) is 25.1 Å². The molecule has 25 heavy (non-hydrogen) atoms. The van der Waals surface area contributed by atoms with E-state index < -0.39 is 23.4 Å². The average molecular weight is 363 g/mol. The summed E-state index contributed by atoms with van der Waals surface area (Å²) in [7, 11) is 0. The van der Waals surface area contributed by atoms with E-state index in [2.05, 4.69) is 6.58 Å². The van der Waals surface area contributed by atoms with Gasteiger partial charge in [-0.1, -0.05) is 18.2 Å². The van der Waals surface area contributed by atoms with E-state index in [0.717, 1.165) is 0 Å². The molecule has 130 valence electrons. The summed E-state index contributed by atoms with van der Waals surface area (Å²) in [6, 6.07) is 4.90. The molecule has 5 nitrogen and oxygen atoms in total. The minimum Gasteiger partial charge on any atom is -0.464 e. The van der Waals surface area contributed by atoms with Crippen molar-refractivity contribution in [3.8, 4) is 11.1 Å². The second kappa shape index (κ2) is 6.37. The molecule has 2 N–H and O–H groups in total. The van der Waals surface area contributed by atoms with Crippen LogP contribution in [0.2, 0.25) is 5.02 Å². The summed E-state index contributed by atoms with van der Waals surface area (Å²) in [5.41, 5.74) is 6.97. The summed E-state index contributed by atoms with van der Waals surface area (Å²) in [5, 5.41) is -0.0898. The smallest absolute Gasteiger partial charge is 0.329 e. The van der Waals surface area contributed by atoms with E-state index in [-0.39, 0.29) is 29.3 Å². The minimum absolute atomic E-state index is 0.0559. The Morgan fingerprint density at radius 2 is 2.20 bits per heavy atom. The van der Waals surface area contributed by atoms with E-state index in [9.17, 15) is 14.0 Å². The highest BCUT2D eigenvalue weighted by atomic mass is 35.5. The number of hydrogen-bond acceptors (Lipinski definition) is 4. The van der Waals surface area contributed by atoms with Gasteiger partial charge >= 0.3 is 5.97 Å². The largest absolute Gasteiger partial charge is 0.464 e. The number of aromatic nitrogens is 1. The lowest BCUT2D eigenvalue weighted by atomic mass is 10.0. The van der Waals surface area contributed by atoms with E-state index in [0.29, 0.717) is 16.8 Å². The number of pyridine rings is 1. The molecular formula is C18H16ClFN2O3. The van der Waals surface area contributed by atoms with Crippen molar-refractivity contribution < 1.29 is 13.9 Å². The molecule has 0 amide bonds. The van der Waals surface area contributed by atoms with Crippen molar-refractivity contribution in [1.82, 2.24) is 4.57 Å². The number of carbonyl (C=O) groups excluding carboxylic acids is 1. The van der Waals surface area contributed by atoms with Gasteiger partial charge in [-0.05, 0) is 36.3 Å². The van der Waals surface area contributed by atoms with Gasteiger partial charge in [-0.25, -0.2) is 9.18 Å². The number of nitrogen functional groups attached to an aromatic ring is 1. The number of hydrogen-bond donors (Lipinski definition) is 1. The number of nitrogens with two attached hydrogens (primary N) is 1. The van der Waals surface area contributed by atoms with Crippen LogP contribution in [0.25, 0.3) is 16.7 Å². The molecule has 1 aromatic heterocycles. The number of halogens is 2. The van der Waals surface area contributed by atoms with Crippen molar-refractivity contribution in [2.45, 2.75) is 19.4 Å². The number of anilines is 1. The SMILES string of the molecule is C=C1CC(C(=O)OCC)n2c1cc(-c1c(N)ccc(Cl)c1F)cc2=O. The molecule has 2 heterocycles. The maximum atomic E-state index is 14.4. The molecule has 0 bridgehead atoms. The number of nitrogens with zero attached hydrogens (tertiary/aromatic N) is 1. The second-order valence-corrected chi connectivity index (χ2v) is 6.15. The molecule has 1 aliphatic heterocycles. The maximum absolute atomic E-state index is 14.4. The lowest BCUT2D eigenvalue weighted by Crippen LogP contribution is -2.28.